The van der Waals surface area contributed by atoms with Gasteiger partial charge in [-0.05, 0) is 125 Å². The van der Waals surface area contributed by atoms with Gasteiger partial charge in [0.05, 0.1) is 5.41 Å². The van der Waals surface area contributed by atoms with Crippen molar-refractivity contribution < 1.29 is 0 Å². The highest BCUT2D eigenvalue weighted by Gasteiger charge is 2.51. The molecule has 3 aliphatic carbocycles. The molecular weight excluding hydrogens is 767 g/mol. The second-order valence-corrected chi connectivity index (χ2v) is 16.5. The molecule has 272 valence electrons. The largest absolute Gasteiger partial charge is 0.337 e. The number of rotatable bonds is 4. The maximum Gasteiger partial charge on any atom is 0.0726 e. The van der Waals surface area contributed by atoms with Gasteiger partial charge in [-0.1, -0.05) is 192 Å². The fourth-order valence-corrected chi connectivity index (χ4v) is 10.8. The number of nitrogens with zero attached hydrogens (tertiary/aromatic N) is 1. The number of anilines is 2. The van der Waals surface area contributed by atoms with E-state index in [1.54, 1.807) is 0 Å². The maximum atomic E-state index is 3.93. The Labute approximate surface area is 347 Å². The van der Waals surface area contributed by atoms with Gasteiger partial charge >= 0.3 is 0 Å². The molecule has 0 aliphatic heterocycles. The zero-order chi connectivity index (χ0) is 38.4. The van der Waals surface area contributed by atoms with Gasteiger partial charge in [0.15, 0.2) is 0 Å². The number of hydrogen-bond acceptors (Lipinski definition) is 1. The zero-order valence-electron chi connectivity index (χ0n) is 31.7. The lowest BCUT2D eigenvalue weighted by Crippen LogP contribution is -2.26. The molecule has 9 aromatic carbocycles. The predicted octanol–water partition coefficient (Wildman–Crippen LogP) is 15.1. The van der Waals surface area contributed by atoms with Gasteiger partial charge < -0.3 is 4.90 Å². The van der Waals surface area contributed by atoms with E-state index in [0.717, 1.165) is 15.8 Å². The Morgan fingerprint density at radius 1 is 0.310 bits per heavy atom. The molecule has 12 rings (SSSR count). The van der Waals surface area contributed by atoms with Gasteiger partial charge in [0, 0.05) is 22.4 Å². The van der Waals surface area contributed by atoms with Crippen LogP contribution in [0.2, 0.25) is 0 Å². The molecule has 0 saturated carbocycles. The average Bonchev–Trinajstić information content (AvgIpc) is 3.75. The van der Waals surface area contributed by atoms with Crippen LogP contribution in [0.15, 0.2) is 211 Å². The summed E-state index contributed by atoms with van der Waals surface area (Å²) in [6.45, 7) is 0.688. The summed E-state index contributed by atoms with van der Waals surface area (Å²) in [7, 11) is 0. The maximum absolute atomic E-state index is 3.93. The van der Waals surface area contributed by atoms with Crippen molar-refractivity contribution in [1.29, 1.82) is 0 Å². The van der Waals surface area contributed by atoms with Crippen LogP contribution in [0.4, 0.5) is 11.4 Å². The lowest BCUT2D eigenvalue weighted by molar-refractivity contribution is 0.792. The van der Waals surface area contributed by atoms with Crippen molar-refractivity contribution >= 4 is 27.3 Å². The molecule has 0 unspecified atom stereocenters. The second kappa shape index (κ2) is 12.9. The van der Waals surface area contributed by atoms with Crippen LogP contribution in [0.3, 0.4) is 0 Å². The SMILES string of the molecule is Brc1ccccc1CN(c1ccc2c(c1)-c1ccccc1-c1ccccc1-c1ccccc1-2)c1ccc2c(c1)C1(c3ccccc3-c3ccccc31)c1ccccc1-2. The van der Waals surface area contributed by atoms with Crippen LogP contribution in [0.5, 0.6) is 0 Å². The Hall–Kier alpha value is -6.74. The van der Waals surface area contributed by atoms with E-state index in [9.17, 15) is 0 Å². The van der Waals surface area contributed by atoms with E-state index in [1.807, 2.05) is 0 Å². The lowest BCUT2D eigenvalue weighted by atomic mass is 9.70. The first-order valence-electron chi connectivity index (χ1n) is 20.1. The highest BCUT2D eigenvalue weighted by atomic mass is 79.9. The average molecular weight is 803 g/mol. The Morgan fingerprint density at radius 2 is 0.655 bits per heavy atom. The second-order valence-electron chi connectivity index (χ2n) is 15.7. The van der Waals surface area contributed by atoms with Gasteiger partial charge in [-0.25, -0.2) is 0 Å². The van der Waals surface area contributed by atoms with Gasteiger partial charge in [0.2, 0.25) is 0 Å². The summed E-state index contributed by atoms with van der Waals surface area (Å²) in [5.74, 6) is 0. The van der Waals surface area contributed by atoms with Crippen LogP contribution < -0.4 is 4.90 Å². The van der Waals surface area contributed by atoms with Crippen LogP contribution in [0, 0.1) is 0 Å². The molecule has 0 bridgehead atoms. The Bertz CT molecular complexity index is 3070. The van der Waals surface area contributed by atoms with Gasteiger partial charge in [-0.15, -0.1) is 0 Å². The third-order valence-corrected chi connectivity index (χ3v) is 13.6. The first-order valence-corrected chi connectivity index (χ1v) is 20.9. The van der Waals surface area contributed by atoms with Crippen LogP contribution in [-0.2, 0) is 12.0 Å². The first kappa shape index (κ1) is 33.4. The van der Waals surface area contributed by atoms with Gasteiger partial charge in [-0.2, -0.15) is 0 Å². The van der Waals surface area contributed by atoms with E-state index in [4.69, 9.17) is 0 Å². The molecule has 1 nitrogen and oxygen atoms in total. The molecule has 58 heavy (non-hydrogen) atoms. The number of benzene rings is 9. The van der Waals surface area contributed by atoms with Crippen molar-refractivity contribution in [1.82, 2.24) is 0 Å². The molecule has 0 heterocycles. The monoisotopic (exact) mass is 801 g/mol. The molecule has 9 aromatic rings. The van der Waals surface area contributed by atoms with E-state index in [1.165, 1.54) is 94.6 Å². The highest BCUT2D eigenvalue weighted by Crippen LogP contribution is 2.63. The third-order valence-electron chi connectivity index (χ3n) is 12.8. The highest BCUT2D eigenvalue weighted by molar-refractivity contribution is 9.10. The smallest absolute Gasteiger partial charge is 0.0726 e. The van der Waals surface area contributed by atoms with Gasteiger partial charge in [0.1, 0.15) is 0 Å². The van der Waals surface area contributed by atoms with Crippen LogP contribution >= 0.6 is 15.9 Å². The Kier molecular flexibility index (Phi) is 7.43. The van der Waals surface area contributed by atoms with E-state index in [-0.39, 0.29) is 0 Å². The molecule has 0 atom stereocenters. The van der Waals surface area contributed by atoms with Crippen molar-refractivity contribution in [3.05, 3.63) is 239 Å². The quantitative estimate of drug-likeness (QED) is 0.171. The molecule has 3 aliphatic rings. The summed E-state index contributed by atoms with van der Waals surface area (Å²) in [5.41, 5.74) is 23.7. The van der Waals surface area contributed by atoms with Crippen LogP contribution in [0.1, 0.15) is 27.8 Å². The first-order chi connectivity index (χ1) is 28.7. The van der Waals surface area contributed by atoms with Crippen LogP contribution in [-0.4, -0.2) is 0 Å². The normalized spacial score (nSPS) is 13.1. The summed E-state index contributed by atoms with van der Waals surface area (Å²) >= 11 is 3.93. The molecule has 1 spiro atoms. The summed E-state index contributed by atoms with van der Waals surface area (Å²) in [5, 5.41) is 0. The molecule has 0 aromatic heterocycles. The number of halogens is 1. The Balaban J connectivity index is 1.11. The summed E-state index contributed by atoms with van der Waals surface area (Å²) < 4.78 is 1.10. The van der Waals surface area contributed by atoms with Crippen molar-refractivity contribution in [2.45, 2.75) is 12.0 Å². The van der Waals surface area contributed by atoms with E-state index in [0.29, 0.717) is 6.54 Å². The fraction of sp³-hybridized carbons (Fsp3) is 0.0357. The lowest BCUT2D eigenvalue weighted by Gasteiger charge is -2.32. The van der Waals surface area contributed by atoms with Crippen LogP contribution in [0.25, 0.3) is 66.8 Å². The van der Waals surface area contributed by atoms with E-state index in [2.05, 4.69) is 227 Å². The van der Waals surface area contributed by atoms with Crippen molar-refractivity contribution in [3.8, 4) is 66.8 Å². The third kappa shape index (κ3) is 4.70. The van der Waals surface area contributed by atoms with Crippen molar-refractivity contribution in [2.75, 3.05) is 4.90 Å². The zero-order valence-corrected chi connectivity index (χ0v) is 33.2. The standard InChI is InChI=1S/C56H36BrN/c57-55-28-14-1-15-36(55)35-58(37-29-31-45-43-20-5-4-18-41(43)39-16-2-3-17-40(39)42-19-6-7-21-44(42)50(45)33-37)38-30-32-49-48-24-10-13-27-53(48)56(54(49)34-38)51-25-11-8-22-46(51)47-23-9-12-26-52(47)56/h1-34H,35H2. The summed E-state index contributed by atoms with van der Waals surface area (Å²) in [6, 6.07) is 76.8. The topological polar surface area (TPSA) is 3.24 Å². The minimum absolute atomic E-state index is 0.420. The number of hydrogen-bond donors (Lipinski definition) is 0. The fourth-order valence-electron chi connectivity index (χ4n) is 10.4. The molecule has 0 fully saturated rings. The molecule has 0 N–H and O–H groups in total. The Morgan fingerprint density at radius 3 is 1.14 bits per heavy atom. The molecule has 0 radical (unpaired) electrons. The predicted molar refractivity (Wildman–Crippen MR) is 244 cm³/mol. The molecule has 2 heteroatoms. The van der Waals surface area contributed by atoms with Gasteiger partial charge in [-0.3, -0.25) is 0 Å². The molecule has 0 saturated heterocycles. The molecular formula is C56H36BrN. The van der Waals surface area contributed by atoms with Gasteiger partial charge in [0.25, 0.3) is 0 Å². The van der Waals surface area contributed by atoms with E-state index >= 15 is 0 Å². The minimum atomic E-state index is -0.420. The summed E-state index contributed by atoms with van der Waals surface area (Å²) in [4.78, 5) is 2.52. The van der Waals surface area contributed by atoms with E-state index < -0.39 is 5.41 Å². The number of fused-ring (bicyclic) bond motifs is 18. The van der Waals surface area contributed by atoms with Crippen molar-refractivity contribution in [2.24, 2.45) is 0 Å². The van der Waals surface area contributed by atoms with Crippen molar-refractivity contribution in [3.63, 3.8) is 0 Å². The summed E-state index contributed by atoms with van der Waals surface area (Å²) in [6.07, 6.45) is 0. The molecule has 0 amide bonds. The minimum Gasteiger partial charge on any atom is -0.337 e.